The fourth-order valence-corrected chi connectivity index (χ4v) is 2.37. The zero-order chi connectivity index (χ0) is 15.5. The normalized spacial score (nSPS) is 17.1. The zero-order valence-corrected chi connectivity index (χ0v) is 13.7. The molecule has 1 aliphatic heterocycles. The minimum absolute atomic E-state index is 0.0754. The summed E-state index contributed by atoms with van der Waals surface area (Å²) in [6.07, 6.45) is 2.53. The third-order valence-corrected chi connectivity index (χ3v) is 3.73. The number of nitrogens with one attached hydrogen (secondary N) is 1. The van der Waals surface area contributed by atoms with Gasteiger partial charge in [-0.05, 0) is 19.3 Å². The van der Waals surface area contributed by atoms with Gasteiger partial charge in [0, 0.05) is 31.1 Å². The summed E-state index contributed by atoms with van der Waals surface area (Å²) in [7, 11) is 0. The molecule has 0 spiro atoms. The van der Waals surface area contributed by atoms with Crippen LogP contribution in [0.3, 0.4) is 0 Å². The first kappa shape index (κ1) is 16.0. The average molecular weight is 292 g/mol. The lowest BCUT2D eigenvalue weighted by molar-refractivity contribution is 0.145. The Balaban J connectivity index is 2.26. The molecule has 118 valence electrons. The van der Waals surface area contributed by atoms with Crippen LogP contribution in [0.1, 0.15) is 52.8 Å². The highest BCUT2D eigenvalue weighted by molar-refractivity contribution is 5.50. The van der Waals surface area contributed by atoms with E-state index in [2.05, 4.69) is 42.9 Å². The van der Waals surface area contributed by atoms with Gasteiger partial charge in [0.05, 0.1) is 6.10 Å². The standard InChI is InChI=1S/C16H28N4O/c1-5-8-17-13-11-14(19-15(18-13)16(2,3)4)20-9-6-12(21)7-10-20/h11-12,21H,5-10H2,1-4H3,(H,17,18,19). The van der Waals surface area contributed by atoms with Crippen molar-refractivity contribution in [2.45, 2.75) is 58.5 Å². The molecular weight excluding hydrogens is 264 g/mol. The number of anilines is 2. The lowest BCUT2D eigenvalue weighted by Gasteiger charge is -2.31. The lowest BCUT2D eigenvalue weighted by atomic mass is 9.95. The van der Waals surface area contributed by atoms with E-state index < -0.39 is 0 Å². The molecule has 0 aromatic carbocycles. The van der Waals surface area contributed by atoms with Crippen LogP contribution in [-0.4, -0.2) is 40.8 Å². The van der Waals surface area contributed by atoms with Gasteiger partial charge in [-0.2, -0.15) is 0 Å². The Kier molecular flexibility index (Phi) is 5.04. The van der Waals surface area contributed by atoms with E-state index >= 15 is 0 Å². The number of aliphatic hydroxyl groups is 1. The number of rotatable bonds is 4. The van der Waals surface area contributed by atoms with E-state index in [1.54, 1.807) is 0 Å². The SMILES string of the molecule is CCCNc1cc(N2CCC(O)CC2)nc(C(C)(C)C)n1. The Morgan fingerprint density at radius 3 is 2.52 bits per heavy atom. The lowest BCUT2D eigenvalue weighted by Crippen LogP contribution is -2.36. The summed E-state index contributed by atoms with van der Waals surface area (Å²) in [6.45, 7) is 11.2. The number of aliphatic hydroxyl groups excluding tert-OH is 1. The summed E-state index contributed by atoms with van der Waals surface area (Å²) >= 11 is 0. The van der Waals surface area contributed by atoms with Gasteiger partial charge in [-0.25, -0.2) is 9.97 Å². The van der Waals surface area contributed by atoms with Gasteiger partial charge in [0.15, 0.2) is 0 Å². The zero-order valence-electron chi connectivity index (χ0n) is 13.7. The van der Waals surface area contributed by atoms with Crippen molar-refractivity contribution < 1.29 is 5.11 Å². The molecule has 0 aliphatic carbocycles. The maximum atomic E-state index is 9.66. The van der Waals surface area contributed by atoms with E-state index in [1.165, 1.54) is 0 Å². The number of hydrogen-bond acceptors (Lipinski definition) is 5. The van der Waals surface area contributed by atoms with Gasteiger partial charge < -0.3 is 15.3 Å². The van der Waals surface area contributed by atoms with Gasteiger partial charge in [0.2, 0.25) is 0 Å². The van der Waals surface area contributed by atoms with Crippen LogP contribution in [-0.2, 0) is 5.41 Å². The summed E-state index contributed by atoms with van der Waals surface area (Å²) in [5.74, 6) is 2.74. The van der Waals surface area contributed by atoms with E-state index in [4.69, 9.17) is 4.98 Å². The largest absolute Gasteiger partial charge is 0.393 e. The third kappa shape index (κ3) is 4.30. The summed E-state index contributed by atoms with van der Waals surface area (Å²) in [5, 5.41) is 13.0. The molecule has 1 aromatic heterocycles. The van der Waals surface area contributed by atoms with Crippen molar-refractivity contribution in [2.24, 2.45) is 0 Å². The van der Waals surface area contributed by atoms with E-state index in [0.717, 1.165) is 56.4 Å². The highest BCUT2D eigenvalue weighted by atomic mass is 16.3. The van der Waals surface area contributed by atoms with Crippen LogP contribution < -0.4 is 10.2 Å². The summed E-state index contributed by atoms with van der Waals surface area (Å²) in [6, 6.07) is 2.03. The summed E-state index contributed by atoms with van der Waals surface area (Å²) < 4.78 is 0. The molecule has 21 heavy (non-hydrogen) atoms. The Hall–Kier alpha value is -1.36. The van der Waals surface area contributed by atoms with Crippen LogP contribution in [0.5, 0.6) is 0 Å². The molecule has 5 nitrogen and oxygen atoms in total. The molecule has 1 aromatic rings. The van der Waals surface area contributed by atoms with Crippen LogP contribution in [0, 0.1) is 0 Å². The van der Waals surface area contributed by atoms with Crippen molar-refractivity contribution in [3.05, 3.63) is 11.9 Å². The van der Waals surface area contributed by atoms with E-state index in [-0.39, 0.29) is 11.5 Å². The molecular formula is C16H28N4O. The van der Waals surface area contributed by atoms with Gasteiger partial charge in [-0.1, -0.05) is 27.7 Å². The first-order valence-electron chi connectivity index (χ1n) is 7.96. The van der Waals surface area contributed by atoms with Crippen LogP contribution in [0.4, 0.5) is 11.6 Å². The Labute approximate surface area is 127 Å². The Bertz CT molecular complexity index is 462. The van der Waals surface area contributed by atoms with Gasteiger partial charge in [0.25, 0.3) is 0 Å². The van der Waals surface area contributed by atoms with Crippen LogP contribution in [0.2, 0.25) is 0 Å². The molecule has 5 heteroatoms. The molecule has 1 saturated heterocycles. The van der Waals surface area contributed by atoms with Gasteiger partial charge in [-0.15, -0.1) is 0 Å². The van der Waals surface area contributed by atoms with Crippen LogP contribution >= 0.6 is 0 Å². The van der Waals surface area contributed by atoms with Crippen molar-refractivity contribution in [2.75, 3.05) is 29.9 Å². The molecule has 0 atom stereocenters. The fourth-order valence-electron chi connectivity index (χ4n) is 2.37. The summed E-state index contributed by atoms with van der Waals surface area (Å²) in [5.41, 5.74) is -0.0754. The molecule has 0 radical (unpaired) electrons. The van der Waals surface area contributed by atoms with Crippen LogP contribution in [0.15, 0.2) is 6.07 Å². The Morgan fingerprint density at radius 1 is 1.29 bits per heavy atom. The number of aromatic nitrogens is 2. The minimum Gasteiger partial charge on any atom is -0.393 e. The number of piperidine rings is 1. The Morgan fingerprint density at radius 2 is 1.95 bits per heavy atom. The smallest absolute Gasteiger partial charge is 0.138 e. The molecule has 0 unspecified atom stereocenters. The topological polar surface area (TPSA) is 61.3 Å². The van der Waals surface area contributed by atoms with Gasteiger partial charge in [-0.3, -0.25) is 0 Å². The monoisotopic (exact) mass is 292 g/mol. The van der Waals surface area contributed by atoms with Crippen LogP contribution in [0.25, 0.3) is 0 Å². The van der Waals surface area contributed by atoms with Crippen molar-refractivity contribution in [3.63, 3.8) is 0 Å². The fraction of sp³-hybridized carbons (Fsp3) is 0.750. The number of nitrogens with zero attached hydrogens (tertiary/aromatic N) is 3. The molecule has 2 N–H and O–H groups in total. The predicted molar refractivity (Wildman–Crippen MR) is 87.0 cm³/mol. The maximum absolute atomic E-state index is 9.66. The van der Waals surface area contributed by atoms with Gasteiger partial charge in [0.1, 0.15) is 17.5 Å². The predicted octanol–water partition coefficient (Wildman–Crippen LogP) is 2.56. The quantitative estimate of drug-likeness (QED) is 0.893. The highest BCUT2D eigenvalue weighted by Crippen LogP contribution is 2.25. The molecule has 2 rings (SSSR count). The van der Waals surface area contributed by atoms with E-state index in [0.29, 0.717) is 0 Å². The van der Waals surface area contributed by atoms with Crippen molar-refractivity contribution in [1.82, 2.24) is 9.97 Å². The first-order valence-corrected chi connectivity index (χ1v) is 7.96. The van der Waals surface area contributed by atoms with Gasteiger partial charge >= 0.3 is 0 Å². The second-order valence-corrected chi connectivity index (χ2v) is 6.83. The summed E-state index contributed by atoms with van der Waals surface area (Å²) in [4.78, 5) is 11.7. The van der Waals surface area contributed by atoms with Crippen molar-refractivity contribution >= 4 is 11.6 Å². The number of hydrogen-bond donors (Lipinski definition) is 2. The molecule has 1 fully saturated rings. The molecule has 2 heterocycles. The average Bonchev–Trinajstić information content (AvgIpc) is 2.44. The molecule has 0 bridgehead atoms. The van der Waals surface area contributed by atoms with Crippen molar-refractivity contribution in [1.29, 1.82) is 0 Å². The minimum atomic E-state index is -0.164. The van der Waals surface area contributed by atoms with E-state index in [1.807, 2.05) is 6.07 Å². The second-order valence-electron chi connectivity index (χ2n) is 6.83. The van der Waals surface area contributed by atoms with E-state index in [9.17, 15) is 5.11 Å². The highest BCUT2D eigenvalue weighted by Gasteiger charge is 2.23. The molecule has 1 aliphatic rings. The maximum Gasteiger partial charge on any atom is 0.138 e. The second kappa shape index (κ2) is 6.60. The van der Waals surface area contributed by atoms with Crippen molar-refractivity contribution in [3.8, 4) is 0 Å². The third-order valence-electron chi connectivity index (χ3n) is 3.73. The first-order chi connectivity index (χ1) is 9.90. The molecule has 0 amide bonds. The molecule has 0 saturated carbocycles.